The van der Waals surface area contributed by atoms with Crippen molar-refractivity contribution in [1.29, 1.82) is 0 Å². The number of hydrogen-bond acceptors (Lipinski definition) is 6. The third kappa shape index (κ3) is 6.22. The number of nitro groups is 1. The SMILES string of the molecule is CC(C)c1cccc(CC(Cc2cccc(C(C)C)c2O)NS(=O)(=O)c2ccc([N+](=O)[O-])cc2)c1O. The van der Waals surface area contributed by atoms with Crippen LogP contribution >= 0.6 is 0 Å². The maximum Gasteiger partial charge on any atom is 0.269 e. The van der Waals surface area contributed by atoms with Gasteiger partial charge in [0, 0.05) is 18.2 Å². The molecule has 0 radical (unpaired) electrons. The Bertz CT molecular complexity index is 1280. The number of phenolic OH excluding ortho intramolecular Hbond substituents is 2. The highest BCUT2D eigenvalue weighted by Gasteiger charge is 2.25. The molecule has 3 aromatic rings. The van der Waals surface area contributed by atoms with Crippen LogP contribution in [0.4, 0.5) is 5.69 Å². The van der Waals surface area contributed by atoms with Crippen LogP contribution in [0.2, 0.25) is 0 Å². The van der Waals surface area contributed by atoms with E-state index in [1.807, 2.05) is 52.0 Å². The van der Waals surface area contributed by atoms with E-state index in [2.05, 4.69) is 4.72 Å². The molecule has 0 spiro atoms. The lowest BCUT2D eigenvalue weighted by atomic mass is 9.92. The first-order valence-electron chi connectivity index (χ1n) is 11.8. The molecule has 0 bridgehead atoms. The average Bonchev–Trinajstić information content (AvgIpc) is 2.81. The number of nitrogens with one attached hydrogen (secondary N) is 1. The van der Waals surface area contributed by atoms with Crippen LogP contribution in [0.25, 0.3) is 0 Å². The summed E-state index contributed by atoms with van der Waals surface area (Å²) < 4.78 is 29.1. The molecule has 9 heteroatoms. The number of aromatic hydroxyl groups is 2. The third-order valence-electron chi connectivity index (χ3n) is 6.16. The van der Waals surface area contributed by atoms with Gasteiger partial charge in [-0.25, -0.2) is 13.1 Å². The van der Waals surface area contributed by atoms with E-state index < -0.39 is 21.0 Å². The van der Waals surface area contributed by atoms with Gasteiger partial charge in [-0.2, -0.15) is 0 Å². The minimum absolute atomic E-state index is 0.0759. The average molecular weight is 513 g/mol. The molecule has 36 heavy (non-hydrogen) atoms. The number of para-hydroxylation sites is 2. The molecule has 0 saturated carbocycles. The second-order valence-corrected chi connectivity index (χ2v) is 11.2. The fourth-order valence-electron chi connectivity index (χ4n) is 4.20. The van der Waals surface area contributed by atoms with Gasteiger partial charge < -0.3 is 10.2 Å². The van der Waals surface area contributed by atoms with Crippen LogP contribution in [0.1, 0.15) is 61.8 Å². The summed E-state index contributed by atoms with van der Waals surface area (Å²) in [4.78, 5) is 10.2. The van der Waals surface area contributed by atoms with Gasteiger partial charge in [-0.3, -0.25) is 10.1 Å². The maximum absolute atomic E-state index is 13.2. The molecule has 192 valence electrons. The lowest BCUT2D eigenvalue weighted by molar-refractivity contribution is -0.384. The molecule has 8 nitrogen and oxygen atoms in total. The van der Waals surface area contributed by atoms with E-state index in [9.17, 15) is 28.7 Å². The van der Waals surface area contributed by atoms with Gasteiger partial charge >= 0.3 is 0 Å². The predicted octanol–water partition coefficient (Wildman–Crippen LogP) is 5.39. The van der Waals surface area contributed by atoms with E-state index in [0.717, 1.165) is 23.3 Å². The molecule has 0 atom stereocenters. The summed E-state index contributed by atoms with van der Waals surface area (Å²) in [6.45, 7) is 7.85. The van der Waals surface area contributed by atoms with Crippen molar-refractivity contribution in [3.05, 3.63) is 93.0 Å². The van der Waals surface area contributed by atoms with Gasteiger partial charge in [0.25, 0.3) is 5.69 Å². The summed E-state index contributed by atoms with van der Waals surface area (Å²) in [6.07, 6.45) is 0.341. The number of sulfonamides is 1. The van der Waals surface area contributed by atoms with Crippen LogP contribution in [0.5, 0.6) is 11.5 Å². The number of non-ortho nitro benzene ring substituents is 1. The van der Waals surface area contributed by atoms with Crippen molar-refractivity contribution in [3.63, 3.8) is 0 Å². The van der Waals surface area contributed by atoms with Crippen molar-refractivity contribution in [2.75, 3.05) is 0 Å². The monoisotopic (exact) mass is 512 g/mol. The fraction of sp³-hybridized carbons (Fsp3) is 0.333. The van der Waals surface area contributed by atoms with Crippen LogP contribution in [0, 0.1) is 10.1 Å². The fourth-order valence-corrected chi connectivity index (χ4v) is 5.44. The molecule has 0 aliphatic carbocycles. The Morgan fingerprint density at radius 2 is 1.25 bits per heavy atom. The second-order valence-electron chi connectivity index (χ2n) is 9.50. The first kappa shape index (κ1) is 27.2. The van der Waals surface area contributed by atoms with Crippen LogP contribution in [-0.2, 0) is 22.9 Å². The second kappa shape index (κ2) is 11.1. The molecular formula is C27H32N2O6S. The molecule has 0 heterocycles. The quantitative estimate of drug-likeness (QED) is 0.247. The van der Waals surface area contributed by atoms with Crippen molar-refractivity contribution in [2.45, 2.75) is 63.3 Å². The molecule has 0 unspecified atom stereocenters. The van der Waals surface area contributed by atoms with E-state index in [-0.39, 0.29) is 46.8 Å². The molecule has 0 saturated heterocycles. The summed E-state index contributed by atoms with van der Waals surface area (Å²) in [5.74, 6) is 0.387. The minimum atomic E-state index is -4.06. The molecule has 0 aromatic heterocycles. The topological polar surface area (TPSA) is 130 Å². The number of hydrogen-bond donors (Lipinski definition) is 3. The molecule has 0 fully saturated rings. The Labute approximate surface area is 211 Å². The van der Waals surface area contributed by atoms with E-state index in [4.69, 9.17) is 0 Å². The highest BCUT2D eigenvalue weighted by atomic mass is 32.2. The van der Waals surface area contributed by atoms with Crippen LogP contribution < -0.4 is 4.72 Å². The first-order valence-corrected chi connectivity index (χ1v) is 13.3. The summed E-state index contributed by atoms with van der Waals surface area (Å²) >= 11 is 0. The van der Waals surface area contributed by atoms with Crippen LogP contribution in [0.15, 0.2) is 65.6 Å². The van der Waals surface area contributed by atoms with Crippen molar-refractivity contribution in [3.8, 4) is 11.5 Å². The van der Waals surface area contributed by atoms with E-state index in [1.165, 1.54) is 12.1 Å². The molecule has 3 aromatic carbocycles. The van der Waals surface area contributed by atoms with Gasteiger partial charge in [-0.15, -0.1) is 0 Å². The number of nitrogens with zero attached hydrogens (tertiary/aromatic N) is 1. The highest BCUT2D eigenvalue weighted by molar-refractivity contribution is 7.89. The van der Waals surface area contributed by atoms with Crippen molar-refractivity contribution in [2.24, 2.45) is 0 Å². The molecule has 3 rings (SSSR count). The molecule has 0 aliphatic heterocycles. The predicted molar refractivity (Wildman–Crippen MR) is 139 cm³/mol. The zero-order chi connectivity index (χ0) is 26.6. The Hall–Kier alpha value is -3.43. The number of nitro benzene ring substituents is 1. The van der Waals surface area contributed by atoms with Gasteiger partial charge in [0.1, 0.15) is 11.5 Å². The third-order valence-corrected chi connectivity index (χ3v) is 7.69. The van der Waals surface area contributed by atoms with Crippen LogP contribution in [-0.4, -0.2) is 29.6 Å². The lowest BCUT2D eigenvalue weighted by Crippen LogP contribution is -2.38. The smallest absolute Gasteiger partial charge is 0.269 e. The molecule has 3 N–H and O–H groups in total. The van der Waals surface area contributed by atoms with Gasteiger partial charge in [0.05, 0.1) is 9.82 Å². The van der Waals surface area contributed by atoms with E-state index in [0.29, 0.717) is 11.1 Å². The molecule has 0 aliphatic rings. The summed E-state index contributed by atoms with van der Waals surface area (Å²) in [5, 5.41) is 32.7. The minimum Gasteiger partial charge on any atom is -0.507 e. The van der Waals surface area contributed by atoms with E-state index in [1.54, 1.807) is 12.1 Å². The maximum atomic E-state index is 13.2. The number of benzene rings is 3. The Morgan fingerprint density at radius 1 is 0.806 bits per heavy atom. The van der Waals surface area contributed by atoms with Gasteiger partial charge in [0.15, 0.2) is 0 Å². The standard InChI is InChI=1S/C27H32N2O6S/c1-17(2)24-9-5-7-19(26(24)30)15-21(16-20-8-6-10-25(18(3)4)27(20)31)28-36(34,35)23-13-11-22(12-14-23)29(32)33/h5-14,17-18,21,28,30-31H,15-16H2,1-4H3. The van der Waals surface area contributed by atoms with Crippen molar-refractivity contribution in [1.82, 2.24) is 4.72 Å². The Balaban J connectivity index is 1.99. The summed E-state index contributed by atoms with van der Waals surface area (Å²) in [5.41, 5.74) is 2.47. The zero-order valence-corrected chi connectivity index (χ0v) is 21.6. The molecule has 0 amide bonds. The number of rotatable bonds is 10. The Morgan fingerprint density at radius 3 is 1.64 bits per heavy atom. The first-order chi connectivity index (χ1) is 16.9. The summed E-state index contributed by atoms with van der Waals surface area (Å²) in [7, 11) is -4.06. The van der Waals surface area contributed by atoms with Crippen LogP contribution in [0.3, 0.4) is 0 Å². The lowest BCUT2D eigenvalue weighted by Gasteiger charge is -2.22. The van der Waals surface area contributed by atoms with Crippen molar-refractivity contribution >= 4 is 15.7 Å². The van der Waals surface area contributed by atoms with Gasteiger partial charge in [-0.1, -0.05) is 64.1 Å². The van der Waals surface area contributed by atoms with E-state index >= 15 is 0 Å². The zero-order valence-electron chi connectivity index (χ0n) is 20.8. The van der Waals surface area contributed by atoms with Crippen molar-refractivity contribution < 1.29 is 23.6 Å². The van der Waals surface area contributed by atoms with Gasteiger partial charge in [0.2, 0.25) is 10.0 Å². The molecular weight excluding hydrogens is 480 g/mol. The Kier molecular flexibility index (Phi) is 8.37. The summed E-state index contributed by atoms with van der Waals surface area (Å²) in [6, 6.07) is 14.7. The number of phenols is 2. The largest absolute Gasteiger partial charge is 0.507 e. The van der Waals surface area contributed by atoms with Gasteiger partial charge in [-0.05, 0) is 59.1 Å². The highest BCUT2D eigenvalue weighted by Crippen LogP contribution is 2.33. The normalized spacial score (nSPS) is 12.0.